The van der Waals surface area contributed by atoms with E-state index < -0.39 is 0 Å². The molecule has 0 bridgehead atoms. The van der Waals surface area contributed by atoms with Crippen molar-refractivity contribution < 1.29 is 0 Å². The van der Waals surface area contributed by atoms with E-state index >= 15 is 0 Å². The Kier molecular flexibility index (Phi) is 5.22. The molecule has 112 valence electrons. The minimum atomic E-state index is 0.689. The SMILES string of the molecule is CN=C(NCc1ccnn1C)N(C)Cc1ccc(Cl)cc1. The summed E-state index contributed by atoms with van der Waals surface area (Å²) in [5, 5.41) is 8.24. The molecule has 0 saturated heterocycles. The van der Waals surface area contributed by atoms with Crippen LogP contribution >= 0.6 is 11.6 Å². The predicted octanol–water partition coefficient (Wildman–Crippen LogP) is 2.28. The molecule has 0 atom stereocenters. The van der Waals surface area contributed by atoms with Gasteiger partial charge in [0.25, 0.3) is 0 Å². The molecule has 0 fully saturated rings. The van der Waals surface area contributed by atoms with Crippen molar-refractivity contribution in [3.63, 3.8) is 0 Å². The van der Waals surface area contributed by atoms with Crippen LogP contribution in [-0.4, -0.2) is 34.7 Å². The number of hydrogen-bond donors (Lipinski definition) is 1. The lowest BCUT2D eigenvalue weighted by molar-refractivity contribution is 0.474. The zero-order valence-electron chi connectivity index (χ0n) is 12.5. The summed E-state index contributed by atoms with van der Waals surface area (Å²) < 4.78 is 1.85. The summed E-state index contributed by atoms with van der Waals surface area (Å²) in [5.41, 5.74) is 2.29. The molecule has 2 rings (SSSR count). The van der Waals surface area contributed by atoms with E-state index in [0.29, 0.717) is 6.54 Å². The highest BCUT2D eigenvalue weighted by Crippen LogP contribution is 2.11. The van der Waals surface area contributed by atoms with E-state index in [-0.39, 0.29) is 0 Å². The molecule has 0 spiro atoms. The topological polar surface area (TPSA) is 45.5 Å². The summed E-state index contributed by atoms with van der Waals surface area (Å²) in [6, 6.07) is 9.83. The number of aryl methyl sites for hydroxylation is 1. The molecule has 21 heavy (non-hydrogen) atoms. The monoisotopic (exact) mass is 305 g/mol. The molecule has 2 aromatic rings. The average molecular weight is 306 g/mol. The number of rotatable bonds is 4. The summed E-state index contributed by atoms with van der Waals surface area (Å²) in [6.07, 6.45) is 1.79. The number of nitrogens with one attached hydrogen (secondary N) is 1. The van der Waals surface area contributed by atoms with Gasteiger partial charge < -0.3 is 10.2 Å². The maximum absolute atomic E-state index is 5.90. The van der Waals surface area contributed by atoms with Gasteiger partial charge in [-0.15, -0.1) is 0 Å². The number of halogens is 1. The van der Waals surface area contributed by atoms with Crippen LogP contribution in [-0.2, 0) is 20.1 Å². The van der Waals surface area contributed by atoms with Crippen LogP contribution in [0.3, 0.4) is 0 Å². The lowest BCUT2D eigenvalue weighted by atomic mass is 10.2. The van der Waals surface area contributed by atoms with Gasteiger partial charge in [-0.3, -0.25) is 9.67 Å². The molecule has 0 saturated carbocycles. The Hall–Kier alpha value is -2.01. The Labute approximate surface area is 130 Å². The Morgan fingerprint density at radius 1 is 1.33 bits per heavy atom. The van der Waals surface area contributed by atoms with Gasteiger partial charge in [0.15, 0.2) is 5.96 Å². The van der Waals surface area contributed by atoms with Crippen LogP contribution in [0, 0.1) is 0 Å². The first-order chi connectivity index (χ1) is 10.1. The highest BCUT2D eigenvalue weighted by molar-refractivity contribution is 6.30. The third-order valence-corrected chi connectivity index (χ3v) is 3.51. The van der Waals surface area contributed by atoms with Crippen LogP contribution in [0.5, 0.6) is 0 Å². The van der Waals surface area contributed by atoms with Crippen molar-refractivity contribution in [3.05, 3.63) is 52.8 Å². The van der Waals surface area contributed by atoms with Gasteiger partial charge in [0, 0.05) is 38.9 Å². The predicted molar refractivity (Wildman–Crippen MR) is 86.3 cm³/mol. The summed E-state index contributed by atoms with van der Waals surface area (Å²) in [4.78, 5) is 6.38. The number of nitrogens with zero attached hydrogens (tertiary/aromatic N) is 4. The largest absolute Gasteiger partial charge is 0.351 e. The first-order valence-electron chi connectivity index (χ1n) is 6.73. The van der Waals surface area contributed by atoms with E-state index in [4.69, 9.17) is 11.6 Å². The molecular weight excluding hydrogens is 286 g/mol. The molecule has 0 unspecified atom stereocenters. The molecular formula is C15H20ClN5. The second-order valence-corrected chi connectivity index (χ2v) is 5.27. The molecule has 0 radical (unpaired) electrons. The summed E-state index contributed by atoms with van der Waals surface area (Å²) in [6.45, 7) is 1.45. The molecule has 1 aromatic heterocycles. The van der Waals surface area contributed by atoms with E-state index in [9.17, 15) is 0 Å². The number of aromatic nitrogens is 2. The molecule has 0 aliphatic rings. The molecule has 0 aliphatic heterocycles. The number of hydrogen-bond acceptors (Lipinski definition) is 2. The van der Waals surface area contributed by atoms with Crippen molar-refractivity contribution in [1.82, 2.24) is 20.0 Å². The van der Waals surface area contributed by atoms with Crippen molar-refractivity contribution in [2.24, 2.45) is 12.0 Å². The quantitative estimate of drug-likeness (QED) is 0.696. The summed E-state index contributed by atoms with van der Waals surface area (Å²) >= 11 is 5.90. The number of aliphatic imine (C=N–C) groups is 1. The summed E-state index contributed by atoms with van der Waals surface area (Å²) in [7, 11) is 5.72. The van der Waals surface area contributed by atoms with Crippen molar-refractivity contribution in [1.29, 1.82) is 0 Å². The average Bonchev–Trinajstić information content (AvgIpc) is 2.88. The third-order valence-electron chi connectivity index (χ3n) is 3.26. The van der Waals surface area contributed by atoms with Gasteiger partial charge in [-0.25, -0.2) is 0 Å². The van der Waals surface area contributed by atoms with E-state index in [1.165, 1.54) is 5.56 Å². The highest BCUT2D eigenvalue weighted by atomic mass is 35.5. The maximum atomic E-state index is 5.90. The van der Waals surface area contributed by atoms with E-state index in [1.807, 2.05) is 49.1 Å². The van der Waals surface area contributed by atoms with Gasteiger partial charge >= 0.3 is 0 Å². The van der Waals surface area contributed by atoms with Crippen molar-refractivity contribution >= 4 is 17.6 Å². The molecule has 0 amide bonds. The Morgan fingerprint density at radius 3 is 2.62 bits per heavy atom. The Balaban J connectivity index is 1.94. The standard InChI is InChI=1S/C15H20ClN5/c1-17-15(18-10-14-8-9-19-21(14)3)20(2)11-12-4-6-13(16)7-5-12/h4-9H,10-11H2,1-3H3,(H,17,18). The lowest BCUT2D eigenvalue weighted by Crippen LogP contribution is -2.38. The van der Waals surface area contributed by atoms with Gasteiger partial charge in [0.2, 0.25) is 0 Å². The first kappa shape index (κ1) is 15.4. The normalized spacial score (nSPS) is 11.5. The van der Waals surface area contributed by atoms with Gasteiger partial charge in [-0.05, 0) is 23.8 Å². The van der Waals surface area contributed by atoms with Gasteiger partial charge in [-0.1, -0.05) is 23.7 Å². The minimum Gasteiger partial charge on any atom is -0.351 e. The third kappa shape index (κ3) is 4.23. The minimum absolute atomic E-state index is 0.689. The van der Waals surface area contributed by atoms with E-state index in [2.05, 4.69) is 20.3 Å². The fourth-order valence-corrected chi connectivity index (χ4v) is 2.19. The zero-order valence-corrected chi connectivity index (χ0v) is 13.3. The fraction of sp³-hybridized carbons (Fsp3) is 0.333. The van der Waals surface area contributed by atoms with Gasteiger partial charge in [-0.2, -0.15) is 5.10 Å². The van der Waals surface area contributed by atoms with Gasteiger partial charge in [0.1, 0.15) is 0 Å². The first-order valence-corrected chi connectivity index (χ1v) is 7.11. The molecule has 1 heterocycles. The van der Waals surface area contributed by atoms with Crippen LogP contribution in [0.2, 0.25) is 5.02 Å². The molecule has 6 heteroatoms. The van der Waals surface area contributed by atoms with Crippen LogP contribution in [0.25, 0.3) is 0 Å². The lowest BCUT2D eigenvalue weighted by Gasteiger charge is -2.22. The Morgan fingerprint density at radius 2 is 2.05 bits per heavy atom. The Bertz CT molecular complexity index is 603. The molecule has 1 aromatic carbocycles. The second-order valence-electron chi connectivity index (χ2n) is 4.83. The van der Waals surface area contributed by atoms with Crippen LogP contribution in [0.15, 0.2) is 41.5 Å². The number of guanidine groups is 1. The van der Waals surface area contributed by atoms with E-state index in [1.54, 1.807) is 13.2 Å². The van der Waals surface area contributed by atoms with Crippen LogP contribution < -0.4 is 5.32 Å². The van der Waals surface area contributed by atoms with E-state index in [0.717, 1.165) is 23.2 Å². The zero-order chi connectivity index (χ0) is 15.2. The van der Waals surface area contributed by atoms with Crippen LogP contribution in [0.1, 0.15) is 11.3 Å². The van der Waals surface area contributed by atoms with Crippen molar-refractivity contribution in [2.45, 2.75) is 13.1 Å². The smallest absolute Gasteiger partial charge is 0.194 e. The molecule has 1 N–H and O–H groups in total. The fourth-order valence-electron chi connectivity index (χ4n) is 2.07. The maximum Gasteiger partial charge on any atom is 0.194 e. The highest BCUT2D eigenvalue weighted by Gasteiger charge is 2.07. The molecule has 5 nitrogen and oxygen atoms in total. The number of benzene rings is 1. The summed E-state index contributed by atoms with van der Waals surface area (Å²) in [5.74, 6) is 0.839. The van der Waals surface area contributed by atoms with Crippen molar-refractivity contribution in [2.75, 3.05) is 14.1 Å². The van der Waals surface area contributed by atoms with Gasteiger partial charge in [0.05, 0.1) is 12.2 Å². The van der Waals surface area contributed by atoms with Crippen molar-refractivity contribution in [3.8, 4) is 0 Å². The molecule has 0 aliphatic carbocycles. The second kappa shape index (κ2) is 7.13. The van der Waals surface area contributed by atoms with Crippen LogP contribution in [0.4, 0.5) is 0 Å².